The Morgan fingerprint density at radius 1 is 1.14 bits per heavy atom. The highest BCUT2D eigenvalue weighted by molar-refractivity contribution is 7.88. The highest BCUT2D eigenvalue weighted by atomic mass is 35.5. The molecule has 4 nitrogen and oxygen atoms in total. The van der Waals surface area contributed by atoms with Crippen molar-refractivity contribution >= 4 is 27.3 Å². The van der Waals surface area contributed by atoms with Gasteiger partial charge in [0.15, 0.2) is 0 Å². The summed E-state index contributed by atoms with van der Waals surface area (Å²) in [6.07, 6.45) is -3.33. The smallest absolute Gasteiger partial charge is 0.368 e. The molecule has 21 heavy (non-hydrogen) atoms. The number of sulfonamides is 1. The first-order chi connectivity index (χ1) is 9.59. The third kappa shape index (κ3) is 3.81. The van der Waals surface area contributed by atoms with Crippen LogP contribution in [0.1, 0.15) is 5.56 Å². The SMILES string of the molecule is CS(=O)(=O)N1CCN(c2cc(C(F)(F)F)ccc2Cl)CC1. The zero-order valence-corrected chi connectivity index (χ0v) is 12.8. The molecule has 0 aliphatic carbocycles. The first-order valence-electron chi connectivity index (χ1n) is 6.16. The van der Waals surface area contributed by atoms with Gasteiger partial charge in [0.25, 0.3) is 0 Å². The first-order valence-corrected chi connectivity index (χ1v) is 8.38. The van der Waals surface area contributed by atoms with Crippen LogP contribution in [0.2, 0.25) is 5.02 Å². The summed E-state index contributed by atoms with van der Waals surface area (Å²) >= 11 is 5.97. The van der Waals surface area contributed by atoms with Crippen molar-refractivity contribution in [1.82, 2.24) is 4.31 Å². The number of benzene rings is 1. The second-order valence-corrected chi connectivity index (χ2v) is 7.20. The predicted molar refractivity (Wildman–Crippen MR) is 75.1 cm³/mol. The molecule has 0 atom stereocenters. The summed E-state index contributed by atoms with van der Waals surface area (Å²) in [4.78, 5) is 1.67. The number of hydrogen-bond acceptors (Lipinski definition) is 3. The third-order valence-electron chi connectivity index (χ3n) is 3.32. The zero-order valence-electron chi connectivity index (χ0n) is 11.2. The van der Waals surface area contributed by atoms with E-state index in [0.29, 0.717) is 13.1 Å². The van der Waals surface area contributed by atoms with E-state index < -0.39 is 21.8 Å². The molecule has 1 heterocycles. The van der Waals surface area contributed by atoms with E-state index in [1.165, 1.54) is 10.4 Å². The Labute approximate surface area is 126 Å². The number of hydrogen-bond donors (Lipinski definition) is 0. The summed E-state index contributed by atoms with van der Waals surface area (Å²) in [7, 11) is -3.28. The molecule has 0 radical (unpaired) electrons. The Hall–Kier alpha value is -0.990. The van der Waals surface area contributed by atoms with Crippen LogP contribution in [-0.2, 0) is 16.2 Å². The largest absolute Gasteiger partial charge is 0.416 e. The number of halogens is 4. The van der Waals surface area contributed by atoms with Gasteiger partial charge in [0.1, 0.15) is 0 Å². The maximum atomic E-state index is 12.7. The maximum Gasteiger partial charge on any atom is 0.416 e. The lowest BCUT2D eigenvalue weighted by Crippen LogP contribution is -2.48. The van der Waals surface area contributed by atoms with Crippen LogP contribution >= 0.6 is 11.6 Å². The number of anilines is 1. The summed E-state index contributed by atoms with van der Waals surface area (Å²) in [5.74, 6) is 0. The molecule has 0 unspecified atom stereocenters. The second kappa shape index (κ2) is 5.66. The second-order valence-electron chi connectivity index (χ2n) is 4.81. The van der Waals surface area contributed by atoms with Gasteiger partial charge in [-0.25, -0.2) is 8.42 Å². The number of alkyl halides is 3. The van der Waals surface area contributed by atoms with Gasteiger partial charge in [0.2, 0.25) is 10.0 Å². The number of rotatable bonds is 2. The molecule has 118 valence electrons. The van der Waals surface area contributed by atoms with Crippen LogP contribution in [0.15, 0.2) is 18.2 Å². The van der Waals surface area contributed by atoms with Crippen LogP contribution in [0.25, 0.3) is 0 Å². The molecule has 1 aromatic rings. The van der Waals surface area contributed by atoms with E-state index in [9.17, 15) is 21.6 Å². The minimum Gasteiger partial charge on any atom is -0.368 e. The molecular formula is C12H14ClF3N2O2S. The van der Waals surface area contributed by atoms with Crippen LogP contribution < -0.4 is 4.90 Å². The van der Waals surface area contributed by atoms with E-state index in [-0.39, 0.29) is 23.8 Å². The number of nitrogens with zero attached hydrogens (tertiary/aromatic N) is 2. The fourth-order valence-electron chi connectivity index (χ4n) is 2.19. The lowest BCUT2D eigenvalue weighted by atomic mass is 10.1. The van der Waals surface area contributed by atoms with Crippen LogP contribution in [0, 0.1) is 0 Å². The van der Waals surface area contributed by atoms with Crippen LogP contribution in [0.4, 0.5) is 18.9 Å². The van der Waals surface area contributed by atoms with Crippen molar-refractivity contribution in [2.45, 2.75) is 6.18 Å². The van der Waals surface area contributed by atoms with Crippen molar-refractivity contribution < 1.29 is 21.6 Å². The Bertz CT molecular complexity index is 626. The van der Waals surface area contributed by atoms with Gasteiger partial charge in [0, 0.05) is 26.2 Å². The maximum absolute atomic E-state index is 12.7. The standard InChI is InChI=1S/C12H14ClF3N2O2S/c1-21(19,20)18-6-4-17(5-7-18)11-8-9(12(14,15)16)2-3-10(11)13/h2-3,8H,4-7H2,1H3. The normalized spacial score (nSPS) is 18.0. The number of piperazine rings is 1. The van der Waals surface area contributed by atoms with Gasteiger partial charge in [-0.1, -0.05) is 11.6 Å². The van der Waals surface area contributed by atoms with E-state index in [4.69, 9.17) is 11.6 Å². The Balaban J connectivity index is 2.21. The molecule has 1 aromatic carbocycles. The van der Waals surface area contributed by atoms with E-state index in [2.05, 4.69) is 0 Å². The highest BCUT2D eigenvalue weighted by Gasteiger charge is 2.32. The van der Waals surface area contributed by atoms with Gasteiger partial charge in [-0.05, 0) is 18.2 Å². The molecule has 0 N–H and O–H groups in total. The molecule has 0 aromatic heterocycles. The van der Waals surface area contributed by atoms with Crippen LogP contribution in [0.3, 0.4) is 0 Å². The summed E-state index contributed by atoms with van der Waals surface area (Å²) < 4.78 is 62.3. The molecule has 1 fully saturated rings. The molecule has 1 aliphatic rings. The zero-order chi connectivity index (χ0) is 15.8. The molecule has 0 amide bonds. The van der Waals surface area contributed by atoms with Gasteiger partial charge in [-0.3, -0.25) is 0 Å². The van der Waals surface area contributed by atoms with Crippen molar-refractivity contribution in [2.75, 3.05) is 37.3 Å². The quantitative estimate of drug-likeness (QED) is 0.829. The topological polar surface area (TPSA) is 40.6 Å². The van der Waals surface area contributed by atoms with Crippen molar-refractivity contribution in [1.29, 1.82) is 0 Å². The van der Waals surface area contributed by atoms with E-state index >= 15 is 0 Å². The van der Waals surface area contributed by atoms with Crippen molar-refractivity contribution in [3.8, 4) is 0 Å². The van der Waals surface area contributed by atoms with Crippen LogP contribution in [0.5, 0.6) is 0 Å². The van der Waals surface area contributed by atoms with Gasteiger partial charge in [-0.15, -0.1) is 0 Å². The molecular weight excluding hydrogens is 329 g/mol. The molecule has 2 rings (SSSR count). The summed E-state index contributed by atoms with van der Waals surface area (Å²) in [6, 6.07) is 3.14. The minimum absolute atomic E-state index is 0.218. The Morgan fingerprint density at radius 3 is 2.19 bits per heavy atom. The summed E-state index contributed by atoms with van der Waals surface area (Å²) in [5.41, 5.74) is -0.493. The Kier molecular flexibility index (Phi) is 4.41. The fourth-order valence-corrected chi connectivity index (χ4v) is 3.26. The minimum atomic E-state index is -4.44. The molecule has 0 bridgehead atoms. The lowest BCUT2D eigenvalue weighted by molar-refractivity contribution is -0.137. The average Bonchev–Trinajstić information content (AvgIpc) is 2.37. The molecule has 1 aliphatic heterocycles. The van der Waals surface area contributed by atoms with Gasteiger partial charge in [0.05, 0.1) is 22.5 Å². The van der Waals surface area contributed by atoms with E-state index in [0.717, 1.165) is 18.4 Å². The lowest BCUT2D eigenvalue weighted by Gasteiger charge is -2.35. The highest BCUT2D eigenvalue weighted by Crippen LogP contribution is 2.35. The first kappa shape index (κ1) is 16.4. The van der Waals surface area contributed by atoms with Crippen LogP contribution in [-0.4, -0.2) is 45.2 Å². The van der Waals surface area contributed by atoms with Crippen molar-refractivity contribution in [2.24, 2.45) is 0 Å². The predicted octanol–water partition coefficient (Wildman–Crippen LogP) is 2.44. The summed E-state index contributed by atoms with van der Waals surface area (Å²) in [5, 5.41) is 0.218. The van der Waals surface area contributed by atoms with E-state index in [1.807, 2.05) is 0 Å². The van der Waals surface area contributed by atoms with Gasteiger partial charge in [-0.2, -0.15) is 17.5 Å². The fraction of sp³-hybridized carbons (Fsp3) is 0.500. The van der Waals surface area contributed by atoms with Gasteiger partial charge >= 0.3 is 6.18 Å². The molecule has 0 spiro atoms. The average molecular weight is 343 g/mol. The molecule has 9 heteroatoms. The molecule has 1 saturated heterocycles. The van der Waals surface area contributed by atoms with Gasteiger partial charge < -0.3 is 4.90 Å². The van der Waals surface area contributed by atoms with Crippen molar-refractivity contribution in [3.63, 3.8) is 0 Å². The molecule has 0 saturated carbocycles. The third-order valence-corrected chi connectivity index (χ3v) is 4.94. The van der Waals surface area contributed by atoms with E-state index in [1.54, 1.807) is 4.90 Å². The Morgan fingerprint density at radius 2 is 1.71 bits per heavy atom. The monoisotopic (exact) mass is 342 g/mol. The summed E-state index contributed by atoms with van der Waals surface area (Å²) in [6.45, 7) is 1.05. The van der Waals surface area contributed by atoms with Crippen molar-refractivity contribution in [3.05, 3.63) is 28.8 Å².